The Hall–Kier alpha value is -3.45. The van der Waals surface area contributed by atoms with Crippen LogP contribution in [0.3, 0.4) is 0 Å². The van der Waals surface area contributed by atoms with Crippen LogP contribution < -0.4 is 5.56 Å². The fourth-order valence-electron chi connectivity index (χ4n) is 2.70. The fourth-order valence-corrected chi connectivity index (χ4v) is 3.61. The zero-order valence-electron chi connectivity index (χ0n) is 14.3. The highest BCUT2D eigenvalue weighted by molar-refractivity contribution is 7.17. The number of nitrogens with zero attached hydrogens (tertiary/aromatic N) is 3. The summed E-state index contributed by atoms with van der Waals surface area (Å²) in [6.45, 7) is 2.01. The molecule has 2 heterocycles. The maximum Gasteiger partial charge on any atom is 0.283 e. The molecule has 0 amide bonds. The van der Waals surface area contributed by atoms with Crippen LogP contribution in [0.1, 0.15) is 11.1 Å². The molecule has 0 atom stereocenters. The average molecular weight is 377 g/mol. The quantitative estimate of drug-likeness (QED) is 0.421. The first-order valence-electron chi connectivity index (χ1n) is 8.15. The van der Waals surface area contributed by atoms with Crippen molar-refractivity contribution in [2.75, 3.05) is 0 Å². The van der Waals surface area contributed by atoms with E-state index in [2.05, 4.69) is 10.1 Å². The van der Waals surface area contributed by atoms with Crippen molar-refractivity contribution in [1.82, 2.24) is 9.66 Å². The van der Waals surface area contributed by atoms with E-state index >= 15 is 0 Å². The number of hydrogen-bond acceptors (Lipinski definition) is 6. The Balaban J connectivity index is 1.78. The second-order valence-electron chi connectivity index (χ2n) is 6.08. The van der Waals surface area contributed by atoms with Gasteiger partial charge in [0.25, 0.3) is 5.56 Å². The first kappa shape index (κ1) is 17.0. The number of aryl methyl sites for hydroxylation is 1. The summed E-state index contributed by atoms with van der Waals surface area (Å²) in [5.74, 6) is -0.465. The monoisotopic (exact) mass is 377 g/mol. The number of thiophene rings is 1. The van der Waals surface area contributed by atoms with Gasteiger partial charge < -0.3 is 10.2 Å². The van der Waals surface area contributed by atoms with Gasteiger partial charge in [-0.3, -0.25) is 4.79 Å². The van der Waals surface area contributed by atoms with E-state index in [0.29, 0.717) is 15.8 Å². The molecule has 0 spiro atoms. The highest BCUT2D eigenvalue weighted by Gasteiger charge is 2.13. The smallest absolute Gasteiger partial charge is 0.283 e. The molecule has 0 saturated heterocycles. The molecule has 6 nitrogen and oxygen atoms in total. The molecule has 2 aromatic carbocycles. The van der Waals surface area contributed by atoms with Crippen molar-refractivity contribution in [3.8, 4) is 22.6 Å². The highest BCUT2D eigenvalue weighted by atomic mass is 32.1. The number of hydrogen-bond donors (Lipinski definition) is 2. The van der Waals surface area contributed by atoms with Crippen molar-refractivity contribution in [3.05, 3.63) is 75.7 Å². The minimum Gasteiger partial charge on any atom is -0.504 e. The van der Waals surface area contributed by atoms with Crippen molar-refractivity contribution in [2.45, 2.75) is 6.92 Å². The number of fused-ring (bicyclic) bond motifs is 1. The lowest BCUT2D eigenvalue weighted by Crippen LogP contribution is -2.16. The average Bonchev–Trinajstić information content (AvgIpc) is 3.09. The van der Waals surface area contributed by atoms with E-state index in [1.165, 1.54) is 36.0 Å². The van der Waals surface area contributed by atoms with Gasteiger partial charge >= 0.3 is 0 Å². The Bertz CT molecular complexity index is 1220. The zero-order chi connectivity index (χ0) is 19.0. The van der Waals surface area contributed by atoms with E-state index in [1.54, 1.807) is 6.07 Å². The molecule has 0 unspecified atom stereocenters. The van der Waals surface area contributed by atoms with Gasteiger partial charge in [0, 0.05) is 10.9 Å². The van der Waals surface area contributed by atoms with E-state index in [4.69, 9.17) is 0 Å². The molecular formula is C20H15N3O3S. The molecule has 7 heteroatoms. The molecule has 0 saturated carbocycles. The second-order valence-corrected chi connectivity index (χ2v) is 6.94. The van der Waals surface area contributed by atoms with Gasteiger partial charge in [0.1, 0.15) is 11.2 Å². The van der Waals surface area contributed by atoms with Crippen LogP contribution in [0.15, 0.2) is 64.1 Å². The van der Waals surface area contributed by atoms with Gasteiger partial charge in [-0.2, -0.15) is 9.78 Å². The molecule has 2 N–H and O–H groups in total. The van der Waals surface area contributed by atoms with Gasteiger partial charge in [-0.05, 0) is 36.2 Å². The first-order chi connectivity index (χ1) is 13.0. The Kier molecular flexibility index (Phi) is 4.21. The lowest BCUT2D eigenvalue weighted by molar-refractivity contribution is 0.403. The van der Waals surface area contributed by atoms with Gasteiger partial charge in [0.15, 0.2) is 11.5 Å². The van der Waals surface area contributed by atoms with Crippen LogP contribution in [0.5, 0.6) is 11.5 Å². The van der Waals surface area contributed by atoms with Crippen molar-refractivity contribution in [3.63, 3.8) is 0 Å². The number of phenolic OH excluding ortho intramolecular Hbond substituents is 2. The molecule has 4 rings (SSSR count). The van der Waals surface area contributed by atoms with Crippen LogP contribution >= 0.6 is 11.3 Å². The Morgan fingerprint density at radius 3 is 2.63 bits per heavy atom. The molecule has 0 aliphatic heterocycles. The third-order valence-corrected chi connectivity index (χ3v) is 5.06. The summed E-state index contributed by atoms with van der Waals surface area (Å²) < 4.78 is 1.16. The molecule has 0 radical (unpaired) electrons. The van der Waals surface area contributed by atoms with Gasteiger partial charge in [-0.1, -0.05) is 29.8 Å². The summed E-state index contributed by atoms with van der Waals surface area (Å²) in [5.41, 5.74) is 3.21. The lowest BCUT2D eigenvalue weighted by atomic mass is 10.1. The Labute approximate surface area is 158 Å². The molecule has 4 aromatic rings. The molecule has 2 aromatic heterocycles. The molecule has 134 valence electrons. The number of aromatic nitrogens is 2. The van der Waals surface area contributed by atoms with E-state index in [9.17, 15) is 15.0 Å². The van der Waals surface area contributed by atoms with Gasteiger partial charge in [0.2, 0.25) is 0 Å². The largest absolute Gasteiger partial charge is 0.504 e. The maximum atomic E-state index is 12.9. The van der Waals surface area contributed by atoms with Crippen LogP contribution in [-0.4, -0.2) is 26.1 Å². The molecule has 0 fully saturated rings. The van der Waals surface area contributed by atoms with Crippen LogP contribution in [0, 0.1) is 6.92 Å². The van der Waals surface area contributed by atoms with E-state index in [1.807, 2.05) is 36.6 Å². The number of phenols is 2. The maximum absolute atomic E-state index is 12.9. The topological polar surface area (TPSA) is 87.7 Å². The minimum atomic E-state index is -0.268. The zero-order valence-corrected chi connectivity index (χ0v) is 15.1. The summed E-state index contributed by atoms with van der Waals surface area (Å²) >= 11 is 1.42. The van der Waals surface area contributed by atoms with Crippen molar-refractivity contribution in [2.24, 2.45) is 5.10 Å². The molecule has 0 aliphatic rings. The minimum absolute atomic E-state index is 0.214. The molecule has 0 aliphatic carbocycles. The third kappa shape index (κ3) is 3.20. The first-order valence-corrected chi connectivity index (χ1v) is 9.03. The predicted molar refractivity (Wildman–Crippen MR) is 107 cm³/mol. The Morgan fingerprint density at radius 1 is 1.11 bits per heavy atom. The van der Waals surface area contributed by atoms with Gasteiger partial charge in [-0.15, -0.1) is 11.3 Å². The SMILES string of the molecule is Cc1ccc(-c2csc3ncn(N=Cc4ccc(O)c(O)c4)c(=O)c23)cc1. The van der Waals surface area contributed by atoms with Crippen LogP contribution in [0.2, 0.25) is 0 Å². The summed E-state index contributed by atoms with van der Waals surface area (Å²) in [6.07, 6.45) is 2.79. The van der Waals surface area contributed by atoms with Crippen molar-refractivity contribution < 1.29 is 10.2 Å². The van der Waals surface area contributed by atoms with Crippen LogP contribution in [0.4, 0.5) is 0 Å². The van der Waals surface area contributed by atoms with E-state index in [0.717, 1.165) is 21.4 Å². The standard InChI is InChI=1S/C20H15N3O3S/c1-12-2-5-14(6-3-12)15-10-27-19-18(15)20(26)23(11-21-19)22-9-13-4-7-16(24)17(25)8-13/h2-11,24-25H,1H3. The summed E-state index contributed by atoms with van der Waals surface area (Å²) in [7, 11) is 0. The second kappa shape index (κ2) is 6.69. The van der Waals surface area contributed by atoms with E-state index < -0.39 is 0 Å². The van der Waals surface area contributed by atoms with Gasteiger partial charge in [0.05, 0.1) is 11.6 Å². The summed E-state index contributed by atoms with van der Waals surface area (Å²) in [4.78, 5) is 17.9. The normalized spacial score (nSPS) is 11.4. The number of aromatic hydroxyl groups is 2. The van der Waals surface area contributed by atoms with Gasteiger partial charge in [-0.25, -0.2) is 4.98 Å². The summed E-state index contributed by atoms with van der Waals surface area (Å²) in [6, 6.07) is 12.3. The predicted octanol–water partition coefficient (Wildman–Crippen LogP) is 3.73. The number of benzene rings is 2. The highest BCUT2D eigenvalue weighted by Crippen LogP contribution is 2.30. The van der Waals surface area contributed by atoms with Crippen molar-refractivity contribution in [1.29, 1.82) is 0 Å². The van der Waals surface area contributed by atoms with Crippen LogP contribution in [-0.2, 0) is 0 Å². The Morgan fingerprint density at radius 2 is 1.89 bits per heavy atom. The summed E-state index contributed by atoms with van der Waals surface area (Å²) in [5, 5.41) is 25.5. The third-order valence-electron chi connectivity index (χ3n) is 4.17. The lowest BCUT2D eigenvalue weighted by Gasteiger charge is -2.02. The number of rotatable bonds is 3. The van der Waals surface area contributed by atoms with Crippen LogP contribution in [0.25, 0.3) is 21.3 Å². The molecule has 27 heavy (non-hydrogen) atoms. The fraction of sp³-hybridized carbons (Fsp3) is 0.0500. The molecular weight excluding hydrogens is 362 g/mol. The van der Waals surface area contributed by atoms with E-state index in [-0.39, 0.29) is 17.1 Å². The van der Waals surface area contributed by atoms with Crippen molar-refractivity contribution >= 4 is 27.8 Å². The molecule has 0 bridgehead atoms.